The maximum absolute atomic E-state index is 5.48. The first kappa shape index (κ1) is 14.5. The molecule has 1 aromatic heterocycles. The van der Waals surface area contributed by atoms with E-state index in [2.05, 4.69) is 36.7 Å². The van der Waals surface area contributed by atoms with Gasteiger partial charge in [0.15, 0.2) is 0 Å². The Morgan fingerprint density at radius 1 is 1.04 bits per heavy atom. The van der Waals surface area contributed by atoms with Crippen molar-refractivity contribution < 1.29 is 4.74 Å². The van der Waals surface area contributed by atoms with Gasteiger partial charge in [-0.1, -0.05) is 12.1 Å². The predicted octanol–water partition coefficient (Wildman–Crippen LogP) is 1.56. The standard InChI is InChI=1S/C17H23N5O/c1-23-15-6-3-2-5-14(15)21-11-9-20(10-12-21)13-17-19-18-16-7-4-8-22(16)17/h2-3,5-6H,4,7-13H2,1H3. The van der Waals surface area contributed by atoms with Crippen molar-refractivity contribution in [3.63, 3.8) is 0 Å². The van der Waals surface area contributed by atoms with E-state index in [4.69, 9.17) is 4.74 Å². The fourth-order valence-corrected chi connectivity index (χ4v) is 3.57. The van der Waals surface area contributed by atoms with E-state index in [0.717, 1.165) is 63.1 Å². The van der Waals surface area contributed by atoms with Gasteiger partial charge in [0, 0.05) is 39.1 Å². The summed E-state index contributed by atoms with van der Waals surface area (Å²) in [5, 5.41) is 8.68. The lowest BCUT2D eigenvalue weighted by molar-refractivity contribution is 0.240. The first-order chi connectivity index (χ1) is 11.3. The second kappa shape index (κ2) is 6.20. The van der Waals surface area contributed by atoms with Crippen LogP contribution in [0.5, 0.6) is 5.75 Å². The van der Waals surface area contributed by atoms with Crippen LogP contribution in [0.2, 0.25) is 0 Å². The van der Waals surface area contributed by atoms with Crippen molar-refractivity contribution in [1.82, 2.24) is 19.7 Å². The number of piperazine rings is 1. The van der Waals surface area contributed by atoms with Crippen LogP contribution in [0.3, 0.4) is 0 Å². The highest BCUT2D eigenvalue weighted by Gasteiger charge is 2.23. The molecule has 1 aromatic carbocycles. The number of fused-ring (bicyclic) bond motifs is 1. The highest BCUT2D eigenvalue weighted by Crippen LogP contribution is 2.28. The first-order valence-electron chi connectivity index (χ1n) is 8.36. The van der Waals surface area contributed by atoms with Gasteiger partial charge in [-0.15, -0.1) is 10.2 Å². The van der Waals surface area contributed by atoms with Gasteiger partial charge in [-0.05, 0) is 18.6 Å². The van der Waals surface area contributed by atoms with E-state index in [-0.39, 0.29) is 0 Å². The van der Waals surface area contributed by atoms with E-state index < -0.39 is 0 Å². The number of ether oxygens (including phenoxy) is 1. The summed E-state index contributed by atoms with van der Waals surface area (Å²) in [5.41, 5.74) is 1.19. The maximum atomic E-state index is 5.48. The van der Waals surface area contributed by atoms with Crippen LogP contribution in [0.25, 0.3) is 0 Å². The molecule has 0 N–H and O–H groups in total. The van der Waals surface area contributed by atoms with Gasteiger partial charge < -0.3 is 14.2 Å². The summed E-state index contributed by atoms with van der Waals surface area (Å²) in [7, 11) is 1.74. The molecule has 3 heterocycles. The molecule has 0 bridgehead atoms. The van der Waals surface area contributed by atoms with Crippen LogP contribution in [-0.2, 0) is 19.5 Å². The SMILES string of the molecule is COc1ccccc1N1CCN(Cc2nnc3n2CCC3)CC1. The van der Waals surface area contributed by atoms with Crippen LogP contribution >= 0.6 is 0 Å². The van der Waals surface area contributed by atoms with Crippen molar-refractivity contribution in [3.05, 3.63) is 35.9 Å². The molecule has 0 atom stereocenters. The Kier molecular flexibility index (Phi) is 3.91. The summed E-state index contributed by atoms with van der Waals surface area (Å²) in [6, 6.07) is 8.26. The molecule has 0 amide bonds. The van der Waals surface area contributed by atoms with Crippen LogP contribution in [0.1, 0.15) is 18.1 Å². The van der Waals surface area contributed by atoms with Crippen LogP contribution in [0.4, 0.5) is 5.69 Å². The van der Waals surface area contributed by atoms with Crippen molar-refractivity contribution in [1.29, 1.82) is 0 Å². The molecule has 2 aromatic rings. The van der Waals surface area contributed by atoms with Gasteiger partial charge in [0.1, 0.15) is 17.4 Å². The third kappa shape index (κ3) is 2.79. The zero-order valence-corrected chi connectivity index (χ0v) is 13.6. The zero-order chi connectivity index (χ0) is 15.6. The normalized spacial score (nSPS) is 18.2. The number of para-hydroxylation sites is 2. The van der Waals surface area contributed by atoms with Crippen molar-refractivity contribution in [2.24, 2.45) is 0 Å². The molecule has 1 fully saturated rings. The zero-order valence-electron chi connectivity index (χ0n) is 13.6. The van der Waals surface area contributed by atoms with Crippen LogP contribution < -0.4 is 9.64 Å². The smallest absolute Gasteiger partial charge is 0.147 e. The molecule has 0 radical (unpaired) electrons. The molecular weight excluding hydrogens is 290 g/mol. The Morgan fingerprint density at radius 2 is 1.87 bits per heavy atom. The highest BCUT2D eigenvalue weighted by molar-refractivity contribution is 5.58. The van der Waals surface area contributed by atoms with Gasteiger partial charge in [-0.2, -0.15) is 0 Å². The van der Waals surface area contributed by atoms with Gasteiger partial charge in [0.2, 0.25) is 0 Å². The minimum absolute atomic E-state index is 0.909. The van der Waals surface area contributed by atoms with Crippen LogP contribution in [0.15, 0.2) is 24.3 Å². The molecule has 2 aliphatic heterocycles. The topological polar surface area (TPSA) is 46.4 Å². The maximum Gasteiger partial charge on any atom is 0.147 e. The second-order valence-corrected chi connectivity index (χ2v) is 6.22. The van der Waals surface area contributed by atoms with Crippen molar-refractivity contribution in [3.8, 4) is 5.75 Å². The highest BCUT2D eigenvalue weighted by atomic mass is 16.5. The summed E-state index contributed by atoms with van der Waals surface area (Å²) in [6.45, 7) is 6.11. The molecule has 2 aliphatic rings. The van der Waals surface area contributed by atoms with Gasteiger partial charge in [0.25, 0.3) is 0 Å². The number of nitrogens with zero attached hydrogens (tertiary/aromatic N) is 5. The lowest BCUT2D eigenvalue weighted by atomic mass is 10.2. The summed E-state index contributed by atoms with van der Waals surface area (Å²) < 4.78 is 7.78. The second-order valence-electron chi connectivity index (χ2n) is 6.22. The number of aryl methyl sites for hydroxylation is 1. The predicted molar refractivity (Wildman–Crippen MR) is 88.8 cm³/mol. The number of methoxy groups -OCH3 is 1. The average molecular weight is 313 g/mol. The monoisotopic (exact) mass is 313 g/mol. The van der Waals surface area contributed by atoms with Gasteiger partial charge in [-0.3, -0.25) is 4.90 Å². The van der Waals surface area contributed by atoms with E-state index in [1.165, 1.54) is 12.1 Å². The molecule has 6 nitrogen and oxygen atoms in total. The van der Waals surface area contributed by atoms with Crippen molar-refractivity contribution in [2.45, 2.75) is 25.9 Å². The summed E-state index contributed by atoms with van der Waals surface area (Å²) in [6.07, 6.45) is 2.29. The lowest BCUT2D eigenvalue weighted by Crippen LogP contribution is -2.46. The summed E-state index contributed by atoms with van der Waals surface area (Å²) in [5.74, 6) is 3.24. The molecular formula is C17H23N5O. The van der Waals surface area contributed by atoms with Gasteiger partial charge in [-0.25, -0.2) is 0 Å². The Balaban J connectivity index is 1.39. The van der Waals surface area contributed by atoms with E-state index in [9.17, 15) is 0 Å². The van der Waals surface area contributed by atoms with Crippen LogP contribution in [-0.4, -0.2) is 53.0 Å². The third-order valence-electron chi connectivity index (χ3n) is 4.85. The lowest BCUT2D eigenvalue weighted by Gasteiger charge is -2.36. The number of aromatic nitrogens is 3. The minimum Gasteiger partial charge on any atom is -0.495 e. The summed E-state index contributed by atoms with van der Waals surface area (Å²) in [4.78, 5) is 4.88. The van der Waals surface area contributed by atoms with E-state index in [1.54, 1.807) is 7.11 Å². The number of benzene rings is 1. The Bertz CT molecular complexity index is 675. The van der Waals surface area contributed by atoms with Gasteiger partial charge in [0.05, 0.1) is 19.3 Å². The minimum atomic E-state index is 0.909. The molecule has 0 unspecified atom stereocenters. The average Bonchev–Trinajstić information content (AvgIpc) is 3.21. The molecule has 0 saturated carbocycles. The van der Waals surface area contributed by atoms with E-state index >= 15 is 0 Å². The van der Waals surface area contributed by atoms with Crippen molar-refractivity contribution >= 4 is 5.69 Å². The van der Waals surface area contributed by atoms with E-state index in [0.29, 0.717) is 0 Å². The largest absolute Gasteiger partial charge is 0.495 e. The molecule has 1 saturated heterocycles. The first-order valence-corrected chi connectivity index (χ1v) is 8.36. The van der Waals surface area contributed by atoms with E-state index in [1.807, 2.05) is 12.1 Å². The van der Waals surface area contributed by atoms with Gasteiger partial charge >= 0.3 is 0 Å². The third-order valence-corrected chi connectivity index (χ3v) is 4.85. The molecule has 0 aliphatic carbocycles. The molecule has 122 valence electrons. The number of anilines is 1. The Morgan fingerprint density at radius 3 is 2.70 bits per heavy atom. The molecule has 0 spiro atoms. The van der Waals surface area contributed by atoms with Crippen LogP contribution in [0, 0.1) is 0 Å². The fourth-order valence-electron chi connectivity index (χ4n) is 3.57. The summed E-state index contributed by atoms with van der Waals surface area (Å²) >= 11 is 0. The Labute approximate surface area is 136 Å². The number of hydrogen-bond donors (Lipinski definition) is 0. The Hall–Kier alpha value is -2.08. The quantitative estimate of drug-likeness (QED) is 0.857. The van der Waals surface area contributed by atoms with Crippen molar-refractivity contribution in [2.75, 3.05) is 38.2 Å². The molecule has 6 heteroatoms. The fraction of sp³-hybridized carbons (Fsp3) is 0.529. The molecule has 4 rings (SSSR count). The number of hydrogen-bond acceptors (Lipinski definition) is 5. The molecule has 23 heavy (non-hydrogen) atoms. The number of rotatable bonds is 4.